The molecule has 0 radical (unpaired) electrons. The summed E-state index contributed by atoms with van der Waals surface area (Å²) in [6, 6.07) is 0. The summed E-state index contributed by atoms with van der Waals surface area (Å²) in [5.41, 5.74) is -0.541. The Bertz CT molecular complexity index is 719. The van der Waals surface area contributed by atoms with Crippen LogP contribution in [0, 0.1) is 34.5 Å². The third kappa shape index (κ3) is 4.10. The van der Waals surface area contributed by atoms with Gasteiger partial charge in [0.1, 0.15) is 0 Å². The van der Waals surface area contributed by atoms with Crippen LogP contribution in [0.2, 0.25) is 18.1 Å². The Morgan fingerprint density at radius 1 is 0.939 bits per heavy atom. The molecule has 0 aromatic rings. The lowest BCUT2D eigenvalue weighted by Crippen LogP contribution is -2.60. The third-order valence-electron chi connectivity index (χ3n) is 12.0. The highest BCUT2D eigenvalue weighted by molar-refractivity contribution is 6.74. The van der Waals surface area contributed by atoms with Crippen molar-refractivity contribution in [3.8, 4) is 0 Å². The molecule has 0 saturated heterocycles. The molecule has 4 saturated carbocycles. The lowest BCUT2D eigenvalue weighted by Gasteiger charge is -2.63. The fraction of sp³-hybridized carbons (Fsp3) is 1.00. The molecule has 0 bridgehead atoms. The molecule has 0 amide bonds. The Labute approximate surface area is 204 Å². The van der Waals surface area contributed by atoms with E-state index in [1.54, 1.807) is 0 Å². The third-order valence-corrected chi connectivity index (χ3v) is 16.5. The molecule has 3 N–H and O–H groups in total. The molecule has 9 atom stereocenters. The van der Waals surface area contributed by atoms with Crippen molar-refractivity contribution in [3.63, 3.8) is 0 Å². The van der Waals surface area contributed by atoms with E-state index in [1.165, 1.54) is 6.42 Å². The number of hydrogen-bond acceptors (Lipinski definition) is 4. The average Bonchev–Trinajstić information content (AvgIpc) is 2.98. The van der Waals surface area contributed by atoms with Crippen molar-refractivity contribution in [3.05, 3.63) is 0 Å². The molecule has 0 heterocycles. The molecule has 4 fully saturated rings. The van der Waals surface area contributed by atoms with Gasteiger partial charge in [-0.1, -0.05) is 34.6 Å². The van der Waals surface area contributed by atoms with Crippen molar-refractivity contribution in [2.75, 3.05) is 6.61 Å². The number of hydrogen-bond donors (Lipinski definition) is 3. The molecule has 5 heteroatoms. The summed E-state index contributed by atoms with van der Waals surface area (Å²) >= 11 is 0. The molecule has 4 nitrogen and oxygen atoms in total. The molecule has 4 rings (SSSR count). The summed E-state index contributed by atoms with van der Waals surface area (Å²) < 4.78 is 6.85. The topological polar surface area (TPSA) is 69.9 Å². The van der Waals surface area contributed by atoms with Crippen molar-refractivity contribution in [2.24, 2.45) is 34.5 Å². The molecular formula is C28H52O4Si. The number of fused-ring (bicyclic) bond motifs is 5. The zero-order chi connectivity index (χ0) is 24.4. The van der Waals surface area contributed by atoms with Gasteiger partial charge in [0, 0.05) is 12.7 Å². The van der Waals surface area contributed by atoms with Crippen molar-refractivity contribution in [1.29, 1.82) is 0 Å². The van der Waals surface area contributed by atoms with Crippen molar-refractivity contribution >= 4 is 8.32 Å². The summed E-state index contributed by atoms with van der Waals surface area (Å²) in [5.74, 6) is 1.99. The smallest absolute Gasteiger partial charge is 0.192 e. The highest BCUT2D eigenvalue weighted by atomic mass is 28.4. The molecule has 0 aliphatic heterocycles. The second kappa shape index (κ2) is 8.57. The zero-order valence-electron chi connectivity index (χ0n) is 22.5. The average molecular weight is 481 g/mol. The maximum absolute atomic E-state index is 11.7. The second-order valence-electron chi connectivity index (χ2n) is 14.4. The Morgan fingerprint density at radius 2 is 1.61 bits per heavy atom. The van der Waals surface area contributed by atoms with E-state index in [0.717, 1.165) is 44.9 Å². The maximum atomic E-state index is 11.7. The van der Waals surface area contributed by atoms with Crippen LogP contribution in [0.1, 0.15) is 98.8 Å². The first-order valence-electron chi connectivity index (χ1n) is 13.9. The predicted molar refractivity (Wildman–Crippen MR) is 136 cm³/mol. The van der Waals surface area contributed by atoms with Crippen LogP contribution in [0.4, 0.5) is 0 Å². The highest BCUT2D eigenvalue weighted by Gasteiger charge is 2.65. The maximum Gasteiger partial charge on any atom is 0.192 e. The van der Waals surface area contributed by atoms with Gasteiger partial charge in [-0.2, -0.15) is 0 Å². The van der Waals surface area contributed by atoms with Gasteiger partial charge in [0.05, 0.1) is 11.7 Å². The predicted octanol–water partition coefficient (Wildman–Crippen LogP) is 5.89. The van der Waals surface area contributed by atoms with E-state index in [-0.39, 0.29) is 28.6 Å². The van der Waals surface area contributed by atoms with E-state index >= 15 is 0 Å². The van der Waals surface area contributed by atoms with E-state index in [2.05, 4.69) is 47.7 Å². The van der Waals surface area contributed by atoms with Gasteiger partial charge >= 0.3 is 0 Å². The number of aliphatic hydroxyl groups is 3. The van der Waals surface area contributed by atoms with Gasteiger partial charge in [-0.25, -0.2) is 0 Å². The van der Waals surface area contributed by atoms with Crippen LogP contribution in [0.3, 0.4) is 0 Å². The van der Waals surface area contributed by atoms with E-state index in [9.17, 15) is 15.3 Å². The van der Waals surface area contributed by atoms with Crippen LogP contribution in [0.25, 0.3) is 0 Å². The number of rotatable bonds is 5. The SMILES string of the molecule is CC(C)(C)[Si](C)(C)O[C@H]1CC[C@@]2(C)[C@H](C1)[C@@H](O)C[C@@H]1[C@@H]2CC[C@@]2(C)[C@H]1CC[C@@]2(O)CCCO. The van der Waals surface area contributed by atoms with E-state index in [0.29, 0.717) is 42.6 Å². The monoisotopic (exact) mass is 480 g/mol. The highest BCUT2D eigenvalue weighted by Crippen LogP contribution is 2.69. The summed E-state index contributed by atoms with van der Waals surface area (Å²) in [4.78, 5) is 0. The van der Waals surface area contributed by atoms with E-state index in [4.69, 9.17) is 4.43 Å². The minimum absolute atomic E-state index is 0.0745. The quantitative estimate of drug-likeness (QED) is 0.429. The minimum Gasteiger partial charge on any atom is -0.414 e. The Hall–Kier alpha value is 0.0569. The van der Waals surface area contributed by atoms with Crippen molar-refractivity contribution in [2.45, 2.75) is 135 Å². The van der Waals surface area contributed by atoms with E-state index in [1.807, 2.05) is 0 Å². The fourth-order valence-corrected chi connectivity index (χ4v) is 10.3. The lowest BCUT2D eigenvalue weighted by molar-refractivity contribution is -0.188. The molecule has 4 aliphatic carbocycles. The summed E-state index contributed by atoms with van der Waals surface area (Å²) in [7, 11) is -1.81. The summed E-state index contributed by atoms with van der Waals surface area (Å²) in [6.07, 6.45) is 9.81. The van der Waals surface area contributed by atoms with Crippen LogP contribution in [0.15, 0.2) is 0 Å². The molecule has 0 aromatic carbocycles. The van der Waals surface area contributed by atoms with Crippen LogP contribution >= 0.6 is 0 Å². The molecule has 0 unspecified atom stereocenters. The Balaban J connectivity index is 1.52. The first kappa shape index (κ1) is 26.1. The van der Waals surface area contributed by atoms with Crippen LogP contribution < -0.4 is 0 Å². The standard InChI is InChI=1S/C28H52O4Si/c1-25(2,3)33(6,7)32-19-9-13-26(4)21-10-14-27(5)22(11-15-28(27,31)12-8-16-29)20(21)18-24(30)23(26)17-19/h19-24,29-31H,8-18H2,1-7H3/t19-,20+,21-,22-,23+,24-,26+,27-,28-/m0/s1. The molecule has 33 heavy (non-hydrogen) atoms. The largest absolute Gasteiger partial charge is 0.414 e. The molecule has 0 aromatic heterocycles. The number of aliphatic hydroxyl groups excluding tert-OH is 2. The van der Waals surface area contributed by atoms with Crippen LogP contribution in [0.5, 0.6) is 0 Å². The van der Waals surface area contributed by atoms with Crippen molar-refractivity contribution in [1.82, 2.24) is 0 Å². The van der Waals surface area contributed by atoms with Gasteiger partial charge in [-0.05, 0) is 117 Å². The van der Waals surface area contributed by atoms with Crippen LogP contribution in [-0.2, 0) is 4.43 Å². The normalized spacial score (nSPS) is 48.2. The van der Waals surface area contributed by atoms with Gasteiger partial charge in [0.2, 0.25) is 0 Å². The second-order valence-corrected chi connectivity index (χ2v) is 19.2. The van der Waals surface area contributed by atoms with Gasteiger partial charge in [0.15, 0.2) is 8.32 Å². The van der Waals surface area contributed by atoms with Gasteiger partial charge < -0.3 is 19.7 Å². The van der Waals surface area contributed by atoms with Gasteiger partial charge in [-0.3, -0.25) is 0 Å². The molecule has 4 aliphatic rings. The Morgan fingerprint density at radius 3 is 2.24 bits per heavy atom. The zero-order valence-corrected chi connectivity index (χ0v) is 23.5. The van der Waals surface area contributed by atoms with Crippen LogP contribution in [-0.4, -0.2) is 48.1 Å². The van der Waals surface area contributed by atoms with E-state index < -0.39 is 13.9 Å². The summed E-state index contributed by atoms with van der Waals surface area (Å²) in [5, 5.41) is 32.8. The van der Waals surface area contributed by atoms with Gasteiger partial charge in [0.25, 0.3) is 0 Å². The first-order chi connectivity index (χ1) is 15.2. The van der Waals surface area contributed by atoms with Crippen molar-refractivity contribution < 1.29 is 19.7 Å². The molecule has 0 spiro atoms. The molecule has 192 valence electrons. The summed E-state index contributed by atoms with van der Waals surface area (Å²) in [6.45, 7) is 16.6. The minimum atomic E-state index is -1.81. The lowest BCUT2D eigenvalue weighted by atomic mass is 9.43. The first-order valence-corrected chi connectivity index (χ1v) is 16.8. The molecular weight excluding hydrogens is 428 g/mol. The van der Waals surface area contributed by atoms with Gasteiger partial charge in [-0.15, -0.1) is 0 Å². The Kier molecular flexibility index (Phi) is 6.79. The fourth-order valence-electron chi connectivity index (χ4n) is 8.86.